The maximum atomic E-state index is 11.8. The van der Waals surface area contributed by atoms with Crippen molar-refractivity contribution in [3.05, 3.63) is 23.3 Å². The lowest BCUT2D eigenvalue weighted by Gasteiger charge is -2.27. The molecule has 0 bridgehead atoms. The molecule has 0 radical (unpaired) electrons. The van der Waals surface area contributed by atoms with Crippen LogP contribution in [-0.4, -0.2) is 51.8 Å². The van der Waals surface area contributed by atoms with E-state index >= 15 is 0 Å². The number of hydrogen-bond acceptors (Lipinski definition) is 5. The minimum Gasteiger partial charge on any atom is -0.307 e. The van der Waals surface area contributed by atoms with Gasteiger partial charge in [-0.3, -0.25) is 4.90 Å². The topological polar surface area (TPSA) is 60.1 Å². The quantitative estimate of drug-likeness (QED) is 0.568. The highest BCUT2D eigenvalue weighted by atomic mass is 32.2. The van der Waals surface area contributed by atoms with Crippen LogP contribution in [0.25, 0.3) is 0 Å². The van der Waals surface area contributed by atoms with Crippen molar-refractivity contribution in [2.45, 2.75) is 50.7 Å². The number of hydrogen-bond donors (Lipinski definition) is 0. The molecule has 134 valence electrons. The van der Waals surface area contributed by atoms with E-state index in [0.717, 1.165) is 12.4 Å². The fourth-order valence-electron chi connectivity index (χ4n) is 3.88. The third-order valence-corrected chi connectivity index (χ3v) is 7.45. The molecule has 2 aliphatic rings. The molecule has 2 heterocycles. The standard InChI is InChI=1S/C16H26N4O2S2/c1-3-9-19(14-6-4-5-7-14)12-20-16(23)18(2)15(17-20)13-8-10-24(21,22)11-13/h3,13-14H,1,4-12H2,2H3/t13-/m0/s1. The van der Waals surface area contributed by atoms with Gasteiger partial charge in [0.2, 0.25) is 0 Å². The van der Waals surface area contributed by atoms with Gasteiger partial charge in [-0.15, -0.1) is 6.58 Å². The van der Waals surface area contributed by atoms with Crippen molar-refractivity contribution < 1.29 is 8.42 Å². The van der Waals surface area contributed by atoms with Crippen LogP contribution in [0, 0.1) is 4.77 Å². The lowest BCUT2D eigenvalue weighted by atomic mass is 10.1. The van der Waals surface area contributed by atoms with Gasteiger partial charge in [0.1, 0.15) is 5.82 Å². The number of aromatic nitrogens is 3. The van der Waals surface area contributed by atoms with Crippen molar-refractivity contribution in [1.82, 2.24) is 19.2 Å². The van der Waals surface area contributed by atoms with Gasteiger partial charge in [-0.1, -0.05) is 18.9 Å². The van der Waals surface area contributed by atoms with E-state index in [1.165, 1.54) is 25.7 Å². The van der Waals surface area contributed by atoms with Gasteiger partial charge in [-0.25, -0.2) is 13.1 Å². The van der Waals surface area contributed by atoms with E-state index in [-0.39, 0.29) is 17.4 Å². The molecular formula is C16H26N4O2S2. The summed E-state index contributed by atoms with van der Waals surface area (Å²) in [6.45, 7) is 5.33. The Balaban J connectivity index is 1.82. The van der Waals surface area contributed by atoms with Crippen LogP contribution in [0.2, 0.25) is 0 Å². The third kappa shape index (κ3) is 3.65. The van der Waals surface area contributed by atoms with Gasteiger partial charge in [-0.2, -0.15) is 5.10 Å². The molecule has 0 amide bonds. The first-order valence-corrected chi connectivity index (χ1v) is 10.8. The van der Waals surface area contributed by atoms with Crippen molar-refractivity contribution in [2.75, 3.05) is 18.1 Å². The van der Waals surface area contributed by atoms with Crippen LogP contribution in [0.1, 0.15) is 43.8 Å². The van der Waals surface area contributed by atoms with E-state index in [9.17, 15) is 8.42 Å². The summed E-state index contributed by atoms with van der Waals surface area (Å²) in [4.78, 5) is 2.37. The van der Waals surface area contributed by atoms with Crippen LogP contribution in [0.5, 0.6) is 0 Å². The van der Waals surface area contributed by atoms with Gasteiger partial charge in [0, 0.05) is 25.6 Å². The largest absolute Gasteiger partial charge is 0.307 e. The molecule has 0 N–H and O–H groups in total. The summed E-state index contributed by atoms with van der Waals surface area (Å²) in [5, 5.41) is 4.69. The second-order valence-electron chi connectivity index (χ2n) is 6.94. The van der Waals surface area contributed by atoms with Gasteiger partial charge in [0.15, 0.2) is 14.6 Å². The molecule has 3 rings (SSSR count). The summed E-state index contributed by atoms with van der Waals surface area (Å²) < 4.78 is 27.9. The molecule has 2 fully saturated rings. The first kappa shape index (κ1) is 17.8. The average molecular weight is 371 g/mol. The van der Waals surface area contributed by atoms with Gasteiger partial charge in [0.25, 0.3) is 0 Å². The number of sulfone groups is 1. The van der Waals surface area contributed by atoms with Crippen LogP contribution in [0.4, 0.5) is 0 Å². The van der Waals surface area contributed by atoms with Crippen molar-refractivity contribution in [2.24, 2.45) is 7.05 Å². The predicted molar refractivity (Wildman–Crippen MR) is 97.2 cm³/mol. The molecule has 0 unspecified atom stereocenters. The Hall–Kier alpha value is -0.990. The Bertz CT molecular complexity index is 760. The van der Waals surface area contributed by atoms with Crippen LogP contribution in [-0.2, 0) is 23.6 Å². The SMILES string of the molecule is C=CCN(Cn1nc([C@H]2CCS(=O)(=O)C2)n(C)c1=S)C1CCCC1. The molecule has 0 spiro atoms. The van der Waals surface area contributed by atoms with Crippen molar-refractivity contribution >= 4 is 22.1 Å². The summed E-state index contributed by atoms with van der Waals surface area (Å²) in [5.74, 6) is 1.20. The minimum atomic E-state index is -2.93. The van der Waals surface area contributed by atoms with E-state index in [1.54, 1.807) is 0 Å². The molecule has 1 saturated heterocycles. The molecule has 6 nitrogen and oxygen atoms in total. The normalized spacial score (nSPS) is 24.0. The number of nitrogens with zero attached hydrogens (tertiary/aromatic N) is 4. The molecule has 1 saturated carbocycles. The summed E-state index contributed by atoms with van der Waals surface area (Å²) in [6, 6.07) is 0.558. The maximum absolute atomic E-state index is 11.8. The zero-order chi connectivity index (χ0) is 17.3. The lowest BCUT2D eigenvalue weighted by molar-refractivity contribution is 0.161. The van der Waals surface area contributed by atoms with Crippen LogP contribution in [0.3, 0.4) is 0 Å². The van der Waals surface area contributed by atoms with Gasteiger partial charge in [-0.05, 0) is 31.5 Å². The maximum Gasteiger partial charge on any atom is 0.198 e. The van der Waals surface area contributed by atoms with Gasteiger partial charge < -0.3 is 4.57 Å². The van der Waals surface area contributed by atoms with Gasteiger partial charge in [0.05, 0.1) is 18.2 Å². The molecule has 1 aliphatic heterocycles. The minimum absolute atomic E-state index is 0.0396. The van der Waals surface area contributed by atoms with E-state index < -0.39 is 9.84 Å². The van der Waals surface area contributed by atoms with Crippen LogP contribution in [0.15, 0.2) is 12.7 Å². The zero-order valence-corrected chi connectivity index (χ0v) is 15.9. The molecule has 0 aromatic carbocycles. The molecule has 24 heavy (non-hydrogen) atoms. The molecule has 1 aliphatic carbocycles. The monoisotopic (exact) mass is 370 g/mol. The zero-order valence-electron chi connectivity index (χ0n) is 14.2. The van der Waals surface area contributed by atoms with E-state index in [2.05, 4.69) is 16.6 Å². The first-order valence-electron chi connectivity index (χ1n) is 8.60. The average Bonchev–Trinajstić information content (AvgIpc) is 3.23. The Kier molecular flexibility index (Phi) is 5.27. The Morgan fingerprint density at radius 2 is 2.08 bits per heavy atom. The molecule has 8 heteroatoms. The lowest BCUT2D eigenvalue weighted by Crippen LogP contribution is -2.35. The van der Waals surface area contributed by atoms with Crippen molar-refractivity contribution in [3.8, 4) is 0 Å². The Morgan fingerprint density at radius 1 is 1.38 bits per heavy atom. The highest BCUT2D eigenvalue weighted by Gasteiger charge is 2.32. The summed E-state index contributed by atoms with van der Waals surface area (Å²) in [6.07, 6.45) is 7.54. The fourth-order valence-corrected chi connectivity index (χ4v) is 5.81. The third-order valence-electron chi connectivity index (χ3n) is 5.19. The van der Waals surface area contributed by atoms with E-state index in [4.69, 9.17) is 12.2 Å². The van der Waals surface area contributed by atoms with Crippen molar-refractivity contribution in [3.63, 3.8) is 0 Å². The smallest absolute Gasteiger partial charge is 0.198 e. The summed E-state index contributed by atoms with van der Waals surface area (Å²) >= 11 is 5.55. The highest BCUT2D eigenvalue weighted by molar-refractivity contribution is 7.91. The fraction of sp³-hybridized carbons (Fsp3) is 0.750. The Labute approximate surface area is 149 Å². The Morgan fingerprint density at radius 3 is 2.67 bits per heavy atom. The summed E-state index contributed by atoms with van der Waals surface area (Å²) in [7, 11) is -1.04. The highest BCUT2D eigenvalue weighted by Crippen LogP contribution is 2.28. The molecule has 1 aromatic heterocycles. The molecular weight excluding hydrogens is 344 g/mol. The second-order valence-corrected chi connectivity index (χ2v) is 9.53. The van der Waals surface area contributed by atoms with Gasteiger partial charge >= 0.3 is 0 Å². The molecule has 1 aromatic rings. The molecule has 1 atom stereocenters. The first-order chi connectivity index (χ1) is 11.4. The second kappa shape index (κ2) is 7.09. The number of rotatable bonds is 6. The van der Waals surface area contributed by atoms with Crippen LogP contribution >= 0.6 is 12.2 Å². The van der Waals surface area contributed by atoms with E-state index in [0.29, 0.717) is 23.9 Å². The summed E-state index contributed by atoms with van der Waals surface area (Å²) in [5.41, 5.74) is 0. The van der Waals surface area contributed by atoms with Crippen LogP contribution < -0.4 is 0 Å². The van der Waals surface area contributed by atoms with E-state index in [1.807, 2.05) is 22.4 Å². The van der Waals surface area contributed by atoms with Crippen molar-refractivity contribution in [1.29, 1.82) is 0 Å². The predicted octanol–water partition coefficient (Wildman–Crippen LogP) is 2.24.